The number of hydrogen-bond acceptors (Lipinski definition) is 5. The Hall–Kier alpha value is -1.63. The first-order valence-electron chi connectivity index (χ1n) is 8.68. The van der Waals surface area contributed by atoms with Gasteiger partial charge in [0.05, 0.1) is 19.7 Å². The minimum absolute atomic E-state index is 0.0150. The van der Waals surface area contributed by atoms with E-state index in [0.717, 1.165) is 19.3 Å². The molecule has 1 fully saturated rings. The molecule has 0 aromatic rings. The van der Waals surface area contributed by atoms with Crippen molar-refractivity contribution < 1.29 is 19.1 Å². The Bertz CT molecular complexity index is 457. The van der Waals surface area contributed by atoms with Gasteiger partial charge in [-0.25, -0.2) is 4.79 Å². The molecule has 0 heterocycles. The third kappa shape index (κ3) is 5.19. The van der Waals surface area contributed by atoms with E-state index in [1.807, 2.05) is 13.8 Å². The molecule has 2 amide bonds. The Balaban J connectivity index is 2.63. The van der Waals surface area contributed by atoms with Crippen molar-refractivity contribution in [2.24, 2.45) is 17.6 Å². The zero-order chi connectivity index (χ0) is 18.3. The number of carbonyl (C=O) groups excluding carboxylic acids is 3. The summed E-state index contributed by atoms with van der Waals surface area (Å²) < 4.78 is 4.90. The zero-order valence-corrected chi connectivity index (χ0v) is 15.2. The summed E-state index contributed by atoms with van der Waals surface area (Å²) >= 11 is 0. The van der Waals surface area contributed by atoms with Crippen LogP contribution in [0.2, 0.25) is 0 Å². The van der Waals surface area contributed by atoms with Gasteiger partial charge in [0.15, 0.2) is 0 Å². The van der Waals surface area contributed by atoms with E-state index in [4.69, 9.17) is 10.5 Å². The molecule has 7 heteroatoms. The van der Waals surface area contributed by atoms with Crippen LogP contribution in [0.4, 0.5) is 0 Å². The minimum Gasteiger partial charge on any atom is -0.467 e. The monoisotopic (exact) mass is 341 g/mol. The van der Waals surface area contributed by atoms with E-state index in [1.54, 1.807) is 0 Å². The average molecular weight is 341 g/mol. The van der Waals surface area contributed by atoms with Crippen LogP contribution in [-0.4, -0.2) is 43.0 Å². The second kappa shape index (κ2) is 9.01. The van der Waals surface area contributed by atoms with Gasteiger partial charge in [0, 0.05) is 0 Å². The smallest absolute Gasteiger partial charge is 0.331 e. The maximum absolute atomic E-state index is 12.2. The third-order valence-electron chi connectivity index (χ3n) is 4.94. The lowest BCUT2D eigenvalue weighted by atomic mass is 9.75. The quantitative estimate of drug-likeness (QED) is 0.591. The van der Waals surface area contributed by atoms with Crippen LogP contribution in [-0.2, 0) is 19.1 Å². The highest BCUT2D eigenvalue weighted by Crippen LogP contribution is 2.34. The summed E-state index contributed by atoms with van der Waals surface area (Å²) in [6.45, 7) is 5.60. The van der Waals surface area contributed by atoms with Gasteiger partial charge < -0.3 is 21.1 Å². The Morgan fingerprint density at radius 1 is 1.25 bits per heavy atom. The van der Waals surface area contributed by atoms with Gasteiger partial charge in [-0.15, -0.1) is 0 Å². The van der Waals surface area contributed by atoms with Crippen molar-refractivity contribution in [1.82, 2.24) is 10.6 Å². The predicted octanol–water partition coefficient (Wildman–Crippen LogP) is 0.714. The maximum atomic E-state index is 12.2. The van der Waals surface area contributed by atoms with E-state index >= 15 is 0 Å². The number of nitrogens with two attached hydrogens (primary N) is 1. The van der Waals surface area contributed by atoms with E-state index in [9.17, 15) is 14.4 Å². The van der Waals surface area contributed by atoms with Crippen LogP contribution in [0.15, 0.2) is 0 Å². The van der Waals surface area contributed by atoms with Gasteiger partial charge in [-0.05, 0) is 37.5 Å². The van der Waals surface area contributed by atoms with Gasteiger partial charge in [0.25, 0.3) is 0 Å². The molecule has 0 spiro atoms. The zero-order valence-electron chi connectivity index (χ0n) is 15.2. The minimum atomic E-state index is -0.984. The molecule has 0 aliphatic heterocycles. The van der Waals surface area contributed by atoms with Gasteiger partial charge in [0.2, 0.25) is 11.8 Å². The fraction of sp³-hybridized carbons (Fsp3) is 0.824. The van der Waals surface area contributed by atoms with Crippen molar-refractivity contribution in [3.8, 4) is 0 Å². The molecule has 1 aliphatic carbocycles. The molecule has 1 atom stereocenters. The van der Waals surface area contributed by atoms with Crippen LogP contribution in [0.5, 0.6) is 0 Å². The molecular formula is C17H31N3O4. The van der Waals surface area contributed by atoms with Crippen LogP contribution < -0.4 is 16.4 Å². The fourth-order valence-corrected chi connectivity index (χ4v) is 3.05. The molecule has 7 nitrogen and oxygen atoms in total. The summed E-state index contributed by atoms with van der Waals surface area (Å²) in [7, 11) is 1.32. The number of nitrogens with one attached hydrogen (secondary N) is 2. The molecule has 4 N–H and O–H groups in total. The standard InChI is InChI=1S/C17H31N3O4/c1-5-12-6-8-17(9-7-12,16(23)24-4)20-13(21)10-19-15(22)14(18)11(2)3/h11-12,14H,5-10,18H2,1-4H3,(H,19,22)(H,20,21)/t12?,14-,17?/m0/s1. The van der Waals surface area contributed by atoms with E-state index in [0.29, 0.717) is 18.8 Å². The SMILES string of the molecule is CCC1CCC(NC(=O)CNC(=O)[C@@H](N)C(C)C)(C(=O)OC)CC1. The molecule has 1 rings (SSSR count). The third-order valence-corrected chi connectivity index (χ3v) is 4.94. The van der Waals surface area contributed by atoms with Crippen molar-refractivity contribution in [2.75, 3.05) is 13.7 Å². The largest absolute Gasteiger partial charge is 0.467 e. The summed E-state index contributed by atoms with van der Waals surface area (Å²) in [5.74, 6) is -0.639. The lowest BCUT2D eigenvalue weighted by Crippen LogP contribution is -2.59. The number of amides is 2. The Morgan fingerprint density at radius 2 is 1.83 bits per heavy atom. The Kier molecular flexibility index (Phi) is 7.66. The Morgan fingerprint density at radius 3 is 2.29 bits per heavy atom. The number of esters is 1. The van der Waals surface area contributed by atoms with Crippen LogP contribution >= 0.6 is 0 Å². The molecular weight excluding hydrogens is 310 g/mol. The van der Waals surface area contributed by atoms with Gasteiger partial charge in [-0.2, -0.15) is 0 Å². The molecule has 24 heavy (non-hydrogen) atoms. The van der Waals surface area contributed by atoms with Crippen molar-refractivity contribution in [3.05, 3.63) is 0 Å². The maximum Gasteiger partial charge on any atom is 0.331 e. The number of ether oxygens (including phenoxy) is 1. The summed E-state index contributed by atoms with van der Waals surface area (Å²) in [4.78, 5) is 36.2. The number of rotatable bonds is 7. The molecule has 0 unspecified atom stereocenters. The first kappa shape index (κ1) is 20.4. The van der Waals surface area contributed by atoms with Crippen LogP contribution in [0, 0.1) is 11.8 Å². The van der Waals surface area contributed by atoms with E-state index in [2.05, 4.69) is 17.6 Å². The van der Waals surface area contributed by atoms with E-state index in [-0.39, 0.29) is 18.4 Å². The molecule has 0 aromatic heterocycles. The highest BCUT2D eigenvalue weighted by molar-refractivity contribution is 5.91. The highest BCUT2D eigenvalue weighted by Gasteiger charge is 2.43. The molecule has 0 radical (unpaired) electrons. The second-order valence-electron chi connectivity index (χ2n) is 6.96. The highest BCUT2D eigenvalue weighted by atomic mass is 16.5. The normalized spacial score (nSPS) is 25.0. The second-order valence-corrected chi connectivity index (χ2v) is 6.96. The summed E-state index contributed by atoms with van der Waals surface area (Å²) in [6.07, 6.45) is 3.92. The van der Waals surface area contributed by atoms with Crippen molar-refractivity contribution in [2.45, 2.75) is 64.5 Å². The average Bonchev–Trinajstić information content (AvgIpc) is 2.58. The van der Waals surface area contributed by atoms with Crippen molar-refractivity contribution in [3.63, 3.8) is 0 Å². The topological polar surface area (TPSA) is 111 Å². The number of hydrogen-bond donors (Lipinski definition) is 3. The van der Waals surface area contributed by atoms with Gasteiger partial charge >= 0.3 is 5.97 Å². The molecule has 0 aromatic carbocycles. The van der Waals surface area contributed by atoms with Gasteiger partial charge in [-0.1, -0.05) is 27.2 Å². The first-order chi connectivity index (χ1) is 11.3. The summed E-state index contributed by atoms with van der Waals surface area (Å²) in [6, 6.07) is -0.660. The van der Waals surface area contributed by atoms with Crippen molar-refractivity contribution in [1.29, 1.82) is 0 Å². The van der Waals surface area contributed by atoms with Crippen LogP contribution in [0.25, 0.3) is 0 Å². The van der Waals surface area contributed by atoms with Crippen LogP contribution in [0.3, 0.4) is 0 Å². The fourth-order valence-electron chi connectivity index (χ4n) is 3.05. The molecule has 0 bridgehead atoms. The van der Waals surface area contributed by atoms with Gasteiger partial charge in [0.1, 0.15) is 5.54 Å². The van der Waals surface area contributed by atoms with Gasteiger partial charge in [-0.3, -0.25) is 9.59 Å². The number of methoxy groups -OCH3 is 1. The predicted molar refractivity (Wildman–Crippen MR) is 91.0 cm³/mol. The summed E-state index contributed by atoms with van der Waals surface area (Å²) in [5.41, 5.74) is 4.76. The number of carbonyl (C=O) groups is 3. The van der Waals surface area contributed by atoms with E-state index in [1.165, 1.54) is 7.11 Å². The van der Waals surface area contributed by atoms with Crippen molar-refractivity contribution >= 4 is 17.8 Å². The lowest BCUT2D eigenvalue weighted by Gasteiger charge is -2.38. The summed E-state index contributed by atoms with van der Waals surface area (Å²) in [5, 5.41) is 5.30. The molecule has 1 saturated carbocycles. The molecule has 1 aliphatic rings. The van der Waals surface area contributed by atoms with Crippen LogP contribution in [0.1, 0.15) is 52.9 Å². The lowest BCUT2D eigenvalue weighted by molar-refractivity contribution is -0.153. The molecule has 0 saturated heterocycles. The Labute approximate surface area is 144 Å². The molecule has 138 valence electrons. The first-order valence-corrected chi connectivity index (χ1v) is 8.68. The van der Waals surface area contributed by atoms with E-state index < -0.39 is 23.5 Å².